The first-order valence-electron chi connectivity index (χ1n) is 13.2. The number of ether oxygens (including phenoxy) is 1. The molecule has 6 rings (SSSR count). The monoisotopic (exact) mass is 567 g/mol. The van der Waals surface area contributed by atoms with Gasteiger partial charge in [-0.3, -0.25) is 14.0 Å². The highest BCUT2D eigenvalue weighted by molar-refractivity contribution is 7.90. The summed E-state index contributed by atoms with van der Waals surface area (Å²) < 4.78 is 48.9. The molecule has 2 N–H and O–H groups in total. The van der Waals surface area contributed by atoms with E-state index in [-0.39, 0.29) is 23.4 Å². The van der Waals surface area contributed by atoms with Crippen molar-refractivity contribution in [2.24, 2.45) is 13.0 Å². The quantitative estimate of drug-likeness (QED) is 0.338. The Bertz CT molecular complexity index is 1730. The normalized spacial score (nSPS) is 20.9. The maximum atomic E-state index is 13.6. The van der Waals surface area contributed by atoms with Crippen molar-refractivity contribution in [3.05, 3.63) is 42.4 Å². The van der Waals surface area contributed by atoms with Crippen molar-refractivity contribution in [2.75, 3.05) is 23.5 Å². The molecule has 2 fully saturated rings. The second-order valence-electron chi connectivity index (χ2n) is 10.4. The number of nitrogens with zero attached hydrogens (tertiary/aromatic N) is 5. The summed E-state index contributed by atoms with van der Waals surface area (Å²) in [7, 11) is -1.87. The highest BCUT2D eigenvalue weighted by Gasteiger charge is 2.43. The van der Waals surface area contributed by atoms with Gasteiger partial charge in [0.2, 0.25) is 5.91 Å². The lowest BCUT2D eigenvalue weighted by Crippen LogP contribution is -2.20. The Morgan fingerprint density at radius 3 is 2.60 bits per heavy atom. The van der Waals surface area contributed by atoms with Crippen LogP contribution in [0.1, 0.15) is 37.7 Å². The van der Waals surface area contributed by atoms with Crippen LogP contribution < -0.4 is 10.6 Å². The number of nitrogens with one attached hydrogen (secondary N) is 2. The number of benzene rings is 1. The molecular weight excluding hydrogens is 537 g/mol. The molecule has 3 atom stereocenters. The number of imidazole rings is 1. The molecule has 11 nitrogen and oxygen atoms in total. The number of fused-ring (bicyclic) bond motifs is 1. The summed E-state index contributed by atoms with van der Waals surface area (Å²) in [5.74, 6) is -0.264. The Kier molecular flexibility index (Phi) is 6.57. The maximum absolute atomic E-state index is 13.6. The van der Waals surface area contributed by atoms with E-state index in [1.54, 1.807) is 48.3 Å². The molecule has 210 valence electrons. The van der Waals surface area contributed by atoms with Gasteiger partial charge < -0.3 is 15.4 Å². The SMILES string of the molecule is Cc1nc2c(Nc3ccc(-c4ccn(C)n4)cc3S(C)(=O)=O)cc(NC(=O)C3C[C@@H]3F)nc2n1C1CCCCO1. The molecular formula is C27H30FN7O4S. The zero-order valence-corrected chi connectivity index (χ0v) is 23.2. The van der Waals surface area contributed by atoms with Crippen molar-refractivity contribution in [1.29, 1.82) is 0 Å². The number of aryl methyl sites for hydroxylation is 2. The van der Waals surface area contributed by atoms with E-state index < -0.39 is 27.8 Å². The molecule has 0 bridgehead atoms. The predicted octanol–water partition coefficient (Wildman–Crippen LogP) is 4.28. The van der Waals surface area contributed by atoms with Crippen LogP contribution in [0.2, 0.25) is 0 Å². The van der Waals surface area contributed by atoms with E-state index in [4.69, 9.17) is 9.72 Å². The Morgan fingerprint density at radius 1 is 1.15 bits per heavy atom. The number of alkyl halides is 1. The molecule has 1 saturated heterocycles. The molecule has 1 amide bonds. The van der Waals surface area contributed by atoms with E-state index in [2.05, 4.69) is 20.7 Å². The Hall–Kier alpha value is -3.84. The van der Waals surface area contributed by atoms with E-state index in [0.29, 0.717) is 46.2 Å². The molecule has 3 aromatic heterocycles. The molecule has 1 saturated carbocycles. The second-order valence-corrected chi connectivity index (χ2v) is 12.4. The number of sulfone groups is 1. The summed E-state index contributed by atoms with van der Waals surface area (Å²) in [6, 6.07) is 8.44. The number of hydrogen-bond acceptors (Lipinski definition) is 8. The van der Waals surface area contributed by atoms with Gasteiger partial charge in [-0.05, 0) is 50.8 Å². The van der Waals surface area contributed by atoms with Crippen LogP contribution in [-0.2, 0) is 26.4 Å². The number of carbonyl (C=O) groups excluding carboxylic acids is 1. The van der Waals surface area contributed by atoms with Gasteiger partial charge in [0.15, 0.2) is 15.5 Å². The smallest absolute Gasteiger partial charge is 0.231 e. The van der Waals surface area contributed by atoms with Crippen molar-refractivity contribution in [3.63, 3.8) is 0 Å². The van der Waals surface area contributed by atoms with Gasteiger partial charge >= 0.3 is 0 Å². The number of rotatable bonds is 7. The summed E-state index contributed by atoms with van der Waals surface area (Å²) in [6.45, 7) is 2.47. The lowest BCUT2D eigenvalue weighted by atomic mass is 10.1. The van der Waals surface area contributed by atoms with Crippen LogP contribution in [0.3, 0.4) is 0 Å². The van der Waals surface area contributed by atoms with Crippen molar-refractivity contribution >= 4 is 44.1 Å². The van der Waals surface area contributed by atoms with Gasteiger partial charge in [0.05, 0.1) is 27.9 Å². The standard InChI is InChI=1S/C27H30FN7O4S/c1-15-29-25-21(30-20-8-7-16(12-22(20)40(3,37)38)19-9-10-34(2)33-19)14-23(32-27(36)17-13-18(17)28)31-26(25)35(15)24-6-4-5-11-39-24/h7-10,12,14,17-18,24H,4-6,11,13H2,1-3H3,(H2,30,31,32,36)/t17?,18-,24?/m0/s1. The first-order valence-corrected chi connectivity index (χ1v) is 15.0. The molecule has 2 unspecified atom stereocenters. The van der Waals surface area contributed by atoms with Crippen LogP contribution in [0.15, 0.2) is 41.4 Å². The molecule has 0 spiro atoms. The van der Waals surface area contributed by atoms with E-state index in [0.717, 1.165) is 25.5 Å². The fraction of sp³-hybridized carbons (Fsp3) is 0.407. The zero-order chi connectivity index (χ0) is 28.2. The molecule has 2 aliphatic rings. The first-order chi connectivity index (χ1) is 19.1. The third-order valence-corrected chi connectivity index (χ3v) is 8.37. The number of pyridine rings is 1. The van der Waals surface area contributed by atoms with Gasteiger partial charge in [0.25, 0.3) is 0 Å². The van der Waals surface area contributed by atoms with Gasteiger partial charge in [0.1, 0.15) is 29.6 Å². The second kappa shape index (κ2) is 9.97. The average Bonchev–Trinajstić information content (AvgIpc) is 3.33. The van der Waals surface area contributed by atoms with Gasteiger partial charge in [-0.1, -0.05) is 6.07 Å². The summed E-state index contributed by atoms with van der Waals surface area (Å²) in [5, 5.41) is 10.3. The van der Waals surface area contributed by atoms with E-state index in [9.17, 15) is 17.6 Å². The molecule has 13 heteroatoms. The number of hydrogen-bond donors (Lipinski definition) is 2. The Labute approximate surface area is 230 Å². The third-order valence-electron chi connectivity index (χ3n) is 7.23. The third kappa shape index (κ3) is 5.06. The van der Waals surface area contributed by atoms with Gasteiger partial charge in [-0.2, -0.15) is 5.10 Å². The van der Waals surface area contributed by atoms with Crippen molar-refractivity contribution in [2.45, 2.75) is 49.9 Å². The highest BCUT2D eigenvalue weighted by atomic mass is 32.2. The molecule has 40 heavy (non-hydrogen) atoms. The lowest BCUT2D eigenvalue weighted by Gasteiger charge is -2.25. The molecule has 1 aliphatic heterocycles. The molecule has 4 aromatic rings. The van der Waals surface area contributed by atoms with Crippen LogP contribution in [-0.4, -0.2) is 57.7 Å². The minimum Gasteiger partial charge on any atom is -0.358 e. The Balaban J connectivity index is 1.45. The highest BCUT2D eigenvalue weighted by Crippen LogP contribution is 2.37. The van der Waals surface area contributed by atoms with Gasteiger partial charge in [-0.15, -0.1) is 0 Å². The number of anilines is 3. The fourth-order valence-electron chi connectivity index (χ4n) is 5.06. The average molecular weight is 568 g/mol. The minimum absolute atomic E-state index is 0.0798. The van der Waals surface area contributed by atoms with Crippen LogP contribution in [0.4, 0.5) is 21.6 Å². The summed E-state index contributed by atoms with van der Waals surface area (Å²) in [4.78, 5) is 22.1. The minimum atomic E-state index is -3.66. The van der Waals surface area contributed by atoms with Gasteiger partial charge in [0, 0.05) is 37.7 Å². The molecule has 0 radical (unpaired) electrons. The summed E-state index contributed by atoms with van der Waals surface area (Å²) in [6.07, 6.45) is 4.44. The number of carbonyl (C=O) groups is 1. The molecule has 1 aliphatic carbocycles. The predicted molar refractivity (Wildman–Crippen MR) is 148 cm³/mol. The number of amides is 1. The van der Waals surface area contributed by atoms with Crippen molar-refractivity contribution in [1.82, 2.24) is 24.3 Å². The fourth-order valence-corrected chi connectivity index (χ4v) is 5.92. The maximum Gasteiger partial charge on any atom is 0.231 e. The van der Waals surface area contributed by atoms with Crippen LogP contribution in [0.25, 0.3) is 22.4 Å². The van der Waals surface area contributed by atoms with Crippen molar-refractivity contribution < 1.29 is 22.3 Å². The first kappa shape index (κ1) is 26.4. The van der Waals surface area contributed by atoms with Crippen molar-refractivity contribution in [3.8, 4) is 11.3 Å². The van der Waals surface area contributed by atoms with E-state index in [1.807, 2.05) is 11.5 Å². The molecule has 4 heterocycles. The van der Waals surface area contributed by atoms with E-state index in [1.165, 1.54) is 0 Å². The molecule has 1 aromatic carbocycles. The largest absolute Gasteiger partial charge is 0.358 e. The summed E-state index contributed by atoms with van der Waals surface area (Å²) in [5.41, 5.74) is 3.04. The number of halogens is 1. The topological polar surface area (TPSA) is 133 Å². The van der Waals surface area contributed by atoms with Gasteiger partial charge in [-0.25, -0.2) is 22.8 Å². The zero-order valence-electron chi connectivity index (χ0n) is 22.4. The summed E-state index contributed by atoms with van der Waals surface area (Å²) >= 11 is 0. The Morgan fingerprint density at radius 2 is 1.95 bits per heavy atom. The lowest BCUT2D eigenvalue weighted by molar-refractivity contribution is -0.117. The number of aromatic nitrogens is 5. The van der Waals surface area contributed by atoms with E-state index >= 15 is 0 Å². The van der Waals surface area contributed by atoms with Crippen LogP contribution in [0, 0.1) is 12.8 Å². The van der Waals surface area contributed by atoms with Crippen LogP contribution >= 0.6 is 0 Å². The van der Waals surface area contributed by atoms with Crippen LogP contribution in [0.5, 0.6) is 0 Å².